The molecule has 1 aliphatic rings. The summed E-state index contributed by atoms with van der Waals surface area (Å²) in [6.07, 6.45) is 5.59. The van der Waals surface area contributed by atoms with E-state index < -0.39 is 0 Å². The fraction of sp³-hybridized carbons (Fsp3) is 0.304. The molecule has 1 saturated heterocycles. The van der Waals surface area contributed by atoms with Crippen LogP contribution in [0.3, 0.4) is 0 Å². The van der Waals surface area contributed by atoms with Gasteiger partial charge in [0, 0.05) is 35.7 Å². The largest absolute Gasteiger partial charge is 0.492 e. The molecule has 0 unspecified atom stereocenters. The van der Waals surface area contributed by atoms with Crippen molar-refractivity contribution in [3.63, 3.8) is 0 Å². The highest BCUT2D eigenvalue weighted by Gasteiger charge is 2.10. The lowest BCUT2D eigenvalue weighted by molar-refractivity contribution is 0.183. The Labute approximate surface area is 176 Å². The van der Waals surface area contributed by atoms with Crippen LogP contribution in [0.2, 0.25) is 0 Å². The first-order valence-corrected chi connectivity index (χ1v) is 10.4. The number of ether oxygens (including phenoxy) is 1. The Morgan fingerprint density at radius 3 is 2.53 bits per heavy atom. The number of amides is 2. The van der Waals surface area contributed by atoms with Gasteiger partial charge in [0.25, 0.3) is 0 Å². The lowest BCUT2D eigenvalue weighted by atomic mass is 10.1. The number of piperidine rings is 1. The number of likely N-dealkylation sites (tertiary alicyclic amines) is 1. The first-order valence-electron chi connectivity index (χ1n) is 10.4. The van der Waals surface area contributed by atoms with Gasteiger partial charge in [0.1, 0.15) is 12.4 Å². The minimum absolute atomic E-state index is 0.303. The summed E-state index contributed by atoms with van der Waals surface area (Å²) in [7, 11) is 0. The van der Waals surface area contributed by atoms with Crippen LogP contribution in [0.25, 0.3) is 11.3 Å². The normalized spacial score (nSPS) is 14.3. The van der Waals surface area contributed by atoms with E-state index in [2.05, 4.69) is 25.7 Å². The summed E-state index contributed by atoms with van der Waals surface area (Å²) < 4.78 is 5.88. The van der Waals surface area contributed by atoms with Crippen LogP contribution in [0.4, 0.5) is 16.2 Å². The molecule has 1 fully saturated rings. The molecule has 0 radical (unpaired) electrons. The van der Waals surface area contributed by atoms with Crippen LogP contribution in [0.15, 0.2) is 60.8 Å². The van der Waals surface area contributed by atoms with Crippen molar-refractivity contribution >= 4 is 17.4 Å². The number of carbonyl (C=O) groups excluding carboxylic acids is 1. The first-order chi connectivity index (χ1) is 14.8. The quantitative estimate of drug-likeness (QED) is 0.537. The number of nitrogens with zero attached hydrogens (tertiary/aromatic N) is 2. The van der Waals surface area contributed by atoms with E-state index in [1.807, 2.05) is 54.6 Å². The molecular formula is C23H27N5O2. The zero-order valence-electron chi connectivity index (χ0n) is 16.9. The van der Waals surface area contributed by atoms with Crippen LogP contribution in [0, 0.1) is 0 Å². The smallest absolute Gasteiger partial charge is 0.323 e. The molecule has 0 aliphatic carbocycles. The second-order valence-electron chi connectivity index (χ2n) is 7.41. The number of H-pyrrole nitrogens is 1. The summed E-state index contributed by atoms with van der Waals surface area (Å²) in [6, 6.07) is 16.7. The van der Waals surface area contributed by atoms with E-state index >= 15 is 0 Å². The van der Waals surface area contributed by atoms with Crippen molar-refractivity contribution < 1.29 is 9.53 Å². The first kappa shape index (κ1) is 20.0. The molecule has 30 heavy (non-hydrogen) atoms. The number of carbonyl (C=O) groups is 1. The van der Waals surface area contributed by atoms with E-state index in [9.17, 15) is 4.79 Å². The van der Waals surface area contributed by atoms with Crippen molar-refractivity contribution in [3.8, 4) is 17.0 Å². The Kier molecular flexibility index (Phi) is 6.61. The van der Waals surface area contributed by atoms with Crippen LogP contribution in [0.5, 0.6) is 5.75 Å². The SMILES string of the molecule is O=C(Nc1cccc(OCCN2CCCCC2)c1)Nc1cccc(-c2ccn[nH]2)c1. The Morgan fingerprint density at radius 1 is 1.00 bits per heavy atom. The van der Waals surface area contributed by atoms with Gasteiger partial charge in [0.05, 0.1) is 5.69 Å². The van der Waals surface area contributed by atoms with Gasteiger partial charge in [-0.15, -0.1) is 0 Å². The van der Waals surface area contributed by atoms with Crippen LogP contribution in [-0.2, 0) is 0 Å². The standard InChI is InChI=1S/C23H27N5O2/c29-23(25-19-7-4-6-18(16-19)22-10-11-24-27-22)26-20-8-5-9-21(17-20)30-15-14-28-12-2-1-3-13-28/h4-11,16-17H,1-3,12-15H2,(H,24,27)(H2,25,26,29). The van der Waals surface area contributed by atoms with Crippen LogP contribution >= 0.6 is 0 Å². The highest BCUT2D eigenvalue weighted by molar-refractivity contribution is 6.00. The third kappa shape index (κ3) is 5.61. The molecule has 1 aliphatic heterocycles. The van der Waals surface area contributed by atoms with Crippen molar-refractivity contribution in [1.82, 2.24) is 15.1 Å². The van der Waals surface area contributed by atoms with Gasteiger partial charge >= 0.3 is 6.03 Å². The number of hydrogen-bond acceptors (Lipinski definition) is 4. The lowest BCUT2D eigenvalue weighted by Crippen LogP contribution is -2.33. The number of benzene rings is 2. The second-order valence-corrected chi connectivity index (χ2v) is 7.41. The second kappa shape index (κ2) is 9.93. The van der Waals surface area contributed by atoms with E-state index in [1.54, 1.807) is 6.20 Å². The molecule has 7 heteroatoms. The number of urea groups is 1. The van der Waals surface area contributed by atoms with E-state index in [1.165, 1.54) is 19.3 Å². The molecule has 2 aromatic carbocycles. The predicted molar refractivity (Wildman–Crippen MR) is 119 cm³/mol. The maximum absolute atomic E-state index is 12.4. The summed E-state index contributed by atoms with van der Waals surface area (Å²) in [5, 5.41) is 12.6. The Hall–Kier alpha value is -3.32. The minimum Gasteiger partial charge on any atom is -0.492 e. The number of hydrogen-bond donors (Lipinski definition) is 3. The number of aromatic nitrogens is 2. The summed E-state index contributed by atoms with van der Waals surface area (Å²) in [6.45, 7) is 3.90. The van der Waals surface area contributed by atoms with Gasteiger partial charge in [0.15, 0.2) is 0 Å². The molecule has 3 aromatic rings. The molecule has 7 nitrogen and oxygen atoms in total. The highest BCUT2D eigenvalue weighted by atomic mass is 16.5. The van der Waals surface area contributed by atoms with E-state index in [4.69, 9.17) is 4.74 Å². The monoisotopic (exact) mass is 405 g/mol. The molecule has 1 aromatic heterocycles. The predicted octanol–water partition coefficient (Wildman–Crippen LogP) is 4.59. The molecule has 2 heterocycles. The molecule has 156 valence electrons. The maximum Gasteiger partial charge on any atom is 0.323 e. The minimum atomic E-state index is -0.303. The van der Waals surface area contributed by atoms with Crippen LogP contribution < -0.4 is 15.4 Å². The molecule has 0 saturated carbocycles. The molecule has 4 rings (SSSR count). The molecule has 0 spiro atoms. The van der Waals surface area contributed by atoms with Gasteiger partial charge in [-0.05, 0) is 56.3 Å². The third-order valence-corrected chi connectivity index (χ3v) is 5.15. The highest BCUT2D eigenvalue weighted by Crippen LogP contribution is 2.21. The summed E-state index contributed by atoms with van der Waals surface area (Å²) in [5.41, 5.74) is 3.24. The van der Waals surface area contributed by atoms with E-state index in [0.717, 1.165) is 36.6 Å². The Balaban J connectivity index is 1.29. The molecule has 2 amide bonds. The molecule has 3 N–H and O–H groups in total. The van der Waals surface area contributed by atoms with E-state index in [-0.39, 0.29) is 6.03 Å². The van der Waals surface area contributed by atoms with Gasteiger partial charge in [-0.2, -0.15) is 5.10 Å². The van der Waals surface area contributed by atoms with Gasteiger partial charge in [-0.25, -0.2) is 4.79 Å². The number of anilines is 2. The van der Waals surface area contributed by atoms with Crippen LogP contribution in [-0.4, -0.2) is 47.4 Å². The fourth-order valence-corrected chi connectivity index (χ4v) is 3.61. The van der Waals surface area contributed by atoms with Crippen molar-refractivity contribution in [3.05, 3.63) is 60.8 Å². The van der Waals surface area contributed by atoms with Gasteiger partial charge in [0.2, 0.25) is 0 Å². The fourth-order valence-electron chi connectivity index (χ4n) is 3.61. The van der Waals surface area contributed by atoms with Gasteiger partial charge in [-0.3, -0.25) is 10.00 Å². The van der Waals surface area contributed by atoms with Crippen molar-refractivity contribution in [1.29, 1.82) is 0 Å². The average Bonchev–Trinajstić information content (AvgIpc) is 3.30. The number of aromatic amines is 1. The Morgan fingerprint density at radius 2 is 1.77 bits per heavy atom. The summed E-state index contributed by atoms with van der Waals surface area (Å²) in [5.74, 6) is 0.756. The van der Waals surface area contributed by atoms with Gasteiger partial charge < -0.3 is 15.4 Å². The zero-order chi connectivity index (χ0) is 20.6. The number of rotatable bonds is 7. The van der Waals surface area contributed by atoms with Crippen molar-refractivity contribution in [2.75, 3.05) is 36.9 Å². The lowest BCUT2D eigenvalue weighted by Gasteiger charge is -2.26. The van der Waals surface area contributed by atoms with E-state index in [0.29, 0.717) is 18.0 Å². The average molecular weight is 406 g/mol. The summed E-state index contributed by atoms with van der Waals surface area (Å²) >= 11 is 0. The Bertz CT molecular complexity index is 952. The molecular weight excluding hydrogens is 378 g/mol. The van der Waals surface area contributed by atoms with Crippen molar-refractivity contribution in [2.24, 2.45) is 0 Å². The maximum atomic E-state index is 12.4. The summed E-state index contributed by atoms with van der Waals surface area (Å²) in [4.78, 5) is 14.9. The topological polar surface area (TPSA) is 82.3 Å². The van der Waals surface area contributed by atoms with Crippen molar-refractivity contribution in [2.45, 2.75) is 19.3 Å². The molecule has 0 bridgehead atoms. The van der Waals surface area contributed by atoms with Crippen LogP contribution in [0.1, 0.15) is 19.3 Å². The number of nitrogens with one attached hydrogen (secondary N) is 3. The third-order valence-electron chi connectivity index (χ3n) is 5.15. The van der Waals surface area contributed by atoms with Gasteiger partial charge in [-0.1, -0.05) is 24.6 Å². The molecule has 0 atom stereocenters. The zero-order valence-corrected chi connectivity index (χ0v) is 16.9.